The third-order valence-electron chi connectivity index (χ3n) is 4.89. The maximum atomic E-state index is 12.5. The van der Waals surface area contributed by atoms with Crippen LogP contribution in [0.2, 0.25) is 0 Å². The second-order valence-corrected chi connectivity index (χ2v) is 6.85. The highest BCUT2D eigenvalue weighted by Gasteiger charge is 2.25. The number of rotatable bonds is 4. The number of aromatic nitrogens is 2. The first kappa shape index (κ1) is 19.7. The number of piperidine rings is 1. The molecule has 3 rings (SSSR count). The van der Waals surface area contributed by atoms with Gasteiger partial charge in [-0.2, -0.15) is 5.10 Å². The molecule has 0 aliphatic carbocycles. The van der Waals surface area contributed by atoms with Gasteiger partial charge in [0, 0.05) is 19.1 Å². The van der Waals surface area contributed by atoms with Crippen LogP contribution in [-0.2, 0) is 4.74 Å². The number of benzene rings is 1. The topological polar surface area (TPSA) is 88.5 Å². The molecule has 1 aromatic carbocycles. The summed E-state index contributed by atoms with van der Waals surface area (Å²) in [6.45, 7) is 7.12. The molecule has 0 saturated carbocycles. The van der Waals surface area contributed by atoms with E-state index in [1.54, 1.807) is 11.8 Å². The summed E-state index contributed by atoms with van der Waals surface area (Å²) >= 11 is 0. The van der Waals surface area contributed by atoms with Crippen LogP contribution in [0.4, 0.5) is 15.3 Å². The van der Waals surface area contributed by atoms with Crippen LogP contribution in [0.1, 0.15) is 31.2 Å². The van der Waals surface area contributed by atoms with Gasteiger partial charge in [0.2, 0.25) is 0 Å². The van der Waals surface area contributed by atoms with E-state index in [1.165, 1.54) is 0 Å². The standard InChI is InChI=1S/C20H27N5O3/c1-4-28-20(27)24-12-10-16(11-13-24)21-19(26)22-18-14(2)23-25(15(18)3)17-8-6-5-7-9-17/h5-9,16H,4,10-13H2,1-3H3,(H2,21,22,26). The number of hydrogen-bond acceptors (Lipinski definition) is 4. The summed E-state index contributed by atoms with van der Waals surface area (Å²) in [5.41, 5.74) is 3.29. The number of nitrogens with zero attached hydrogens (tertiary/aromatic N) is 3. The van der Waals surface area contributed by atoms with Crippen molar-refractivity contribution in [1.29, 1.82) is 0 Å². The summed E-state index contributed by atoms with van der Waals surface area (Å²) < 4.78 is 6.84. The van der Waals surface area contributed by atoms with Crippen LogP contribution in [0.25, 0.3) is 5.69 Å². The summed E-state index contributed by atoms with van der Waals surface area (Å²) in [4.78, 5) is 25.9. The average molecular weight is 385 g/mol. The summed E-state index contributed by atoms with van der Waals surface area (Å²) in [7, 11) is 0. The number of urea groups is 1. The van der Waals surface area contributed by atoms with Gasteiger partial charge in [0.15, 0.2) is 0 Å². The second kappa shape index (κ2) is 8.77. The molecule has 8 nitrogen and oxygen atoms in total. The van der Waals surface area contributed by atoms with Crippen molar-refractivity contribution in [3.8, 4) is 5.69 Å². The molecule has 2 aromatic rings. The van der Waals surface area contributed by atoms with Gasteiger partial charge in [-0.1, -0.05) is 18.2 Å². The molecule has 3 amide bonds. The molecule has 1 aliphatic rings. The Labute approximate surface area is 164 Å². The van der Waals surface area contributed by atoms with E-state index in [0.717, 1.165) is 17.1 Å². The van der Waals surface area contributed by atoms with Gasteiger partial charge in [0.05, 0.1) is 29.4 Å². The molecular weight excluding hydrogens is 358 g/mol. The Morgan fingerprint density at radius 2 is 1.86 bits per heavy atom. The quantitative estimate of drug-likeness (QED) is 0.846. The minimum Gasteiger partial charge on any atom is -0.450 e. The molecule has 1 saturated heterocycles. The Morgan fingerprint density at radius 1 is 1.18 bits per heavy atom. The largest absolute Gasteiger partial charge is 0.450 e. The third-order valence-corrected chi connectivity index (χ3v) is 4.89. The van der Waals surface area contributed by atoms with Crippen molar-refractivity contribution in [2.24, 2.45) is 0 Å². The Kier molecular flexibility index (Phi) is 6.18. The number of nitrogens with one attached hydrogen (secondary N) is 2. The van der Waals surface area contributed by atoms with Crippen molar-refractivity contribution < 1.29 is 14.3 Å². The number of anilines is 1. The van der Waals surface area contributed by atoms with Crippen LogP contribution >= 0.6 is 0 Å². The average Bonchev–Trinajstić information content (AvgIpc) is 2.97. The predicted molar refractivity (Wildman–Crippen MR) is 107 cm³/mol. The molecule has 8 heteroatoms. The number of para-hydroxylation sites is 1. The molecule has 2 heterocycles. The minimum absolute atomic E-state index is 0.0236. The molecule has 0 bridgehead atoms. The molecule has 0 unspecified atom stereocenters. The van der Waals surface area contributed by atoms with Gasteiger partial charge in [-0.25, -0.2) is 14.3 Å². The first-order chi connectivity index (χ1) is 13.5. The number of carbonyl (C=O) groups is 2. The molecule has 1 fully saturated rings. The number of likely N-dealkylation sites (tertiary alicyclic amines) is 1. The Morgan fingerprint density at radius 3 is 2.50 bits per heavy atom. The van der Waals surface area contributed by atoms with Crippen molar-refractivity contribution in [3.63, 3.8) is 0 Å². The van der Waals surface area contributed by atoms with Crippen LogP contribution < -0.4 is 10.6 Å². The van der Waals surface area contributed by atoms with Crippen LogP contribution in [0.15, 0.2) is 30.3 Å². The van der Waals surface area contributed by atoms with Crippen molar-refractivity contribution in [1.82, 2.24) is 20.0 Å². The van der Waals surface area contributed by atoms with Gasteiger partial charge in [-0.3, -0.25) is 0 Å². The van der Waals surface area contributed by atoms with Crippen molar-refractivity contribution in [2.45, 2.75) is 39.7 Å². The molecule has 2 N–H and O–H groups in total. The van der Waals surface area contributed by atoms with Gasteiger partial charge in [-0.05, 0) is 45.7 Å². The molecular formula is C20H27N5O3. The molecule has 0 spiro atoms. The summed E-state index contributed by atoms with van der Waals surface area (Å²) in [5, 5.41) is 10.5. The van der Waals surface area contributed by atoms with Gasteiger partial charge in [0.1, 0.15) is 0 Å². The van der Waals surface area contributed by atoms with Crippen LogP contribution in [0, 0.1) is 13.8 Å². The molecule has 0 radical (unpaired) electrons. The van der Waals surface area contributed by atoms with Crippen LogP contribution in [0.5, 0.6) is 0 Å². The second-order valence-electron chi connectivity index (χ2n) is 6.85. The SMILES string of the molecule is CCOC(=O)N1CCC(NC(=O)Nc2c(C)nn(-c3ccccc3)c2C)CC1. The monoisotopic (exact) mass is 385 g/mol. The highest BCUT2D eigenvalue weighted by Crippen LogP contribution is 2.22. The first-order valence-electron chi connectivity index (χ1n) is 9.60. The van der Waals surface area contributed by atoms with E-state index in [1.807, 2.05) is 48.9 Å². The lowest BCUT2D eigenvalue weighted by atomic mass is 10.1. The third kappa shape index (κ3) is 4.44. The molecule has 28 heavy (non-hydrogen) atoms. The van der Waals surface area contributed by atoms with Gasteiger partial charge < -0.3 is 20.3 Å². The molecule has 0 atom stereocenters. The van der Waals surface area contributed by atoms with E-state index >= 15 is 0 Å². The van der Waals surface area contributed by atoms with Crippen molar-refractivity contribution >= 4 is 17.8 Å². The maximum absolute atomic E-state index is 12.5. The zero-order valence-electron chi connectivity index (χ0n) is 16.6. The van der Waals surface area contributed by atoms with E-state index in [4.69, 9.17) is 4.74 Å². The predicted octanol–water partition coefficient (Wildman–Crippen LogP) is 3.23. The van der Waals surface area contributed by atoms with Crippen LogP contribution in [0.3, 0.4) is 0 Å². The Bertz CT molecular complexity index is 826. The Hall–Kier alpha value is -3.03. The summed E-state index contributed by atoms with van der Waals surface area (Å²) in [6.07, 6.45) is 1.12. The zero-order chi connectivity index (χ0) is 20.1. The fourth-order valence-electron chi connectivity index (χ4n) is 3.40. The smallest absolute Gasteiger partial charge is 0.409 e. The number of ether oxygens (including phenoxy) is 1. The molecule has 1 aliphatic heterocycles. The van der Waals surface area contributed by atoms with Gasteiger partial charge in [0.25, 0.3) is 0 Å². The number of carbonyl (C=O) groups excluding carboxylic acids is 2. The first-order valence-corrected chi connectivity index (χ1v) is 9.60. The maximum Gasteiger partial charge on any atom is 0.409 e. The normalized spacial score (nSPS) is 14.6. The van der Waals surface area contributed by atoms with Crippen molar-refractivity contribution in [3.05, 3.63) is 41.7 Å². The van der Waals surface area contributed by atoms with E-state index in [9.17, 15) is 9.59 Å². The Balaban J connectivity index is 1.58. The zero-order valence-corrected chi connectivity index (χ0v) is 16.6. The fourth-order valence-corrected chi connectivity index (χ4v) is 3.40. The van der Waals surface area contributed by atoms with E-state index in [0.29, 0.717) is 38.2 Å². The highest BCUT2D eigenvalue weighted by molar-refractivity contribution is 5.90. The highest BCUT2D eigenvalue weighted by atomic mass is 16.6. The lowest BCUT2D eigenvalue weighted by molar-refractivity contribution is 0.0959. The van der Waals surface area contributed by atoms with Crippen LogP contribution in [-0.4, -0.2) is 52.5 Å². The number of amides is 3. The number of hydrogen-bond donors (Lipinski definition) is 2. The van der Waals surface area contributed by atoms with E-state index in [-0.39, 0.29) is 18.2 Å². The van der Waals surface area contributed by atoms with Gasteiger partial charge >= 0.3 is 12.1 Å². The van der Waals surface area contributed by atoms with Crippen molar-refractivity contribution in [2.75, 3.05) is 25.0 Å². The van der Waals surface area contributed by atoms with E-state index in [2.05, 4.69) is 15.7 Å². The fraction of sp³-hybridized carbons (Fsp3) is 0.450. The molecule has 1 aromatic heterocycles. The lowest BCUT2D eigenvalue weighted by Gasteiger charge is -2.31. The summed E-state index contributed by atoms with van der Waals surface area (Å²) in [5.74, 6) is 0. The van der Waals surface area contributed by atoms with Gasteiger partial charge in [-0.15, -0.1) is 0 Å². The summed E-state index contributed by atoms with van der Waals surface area (Å²) in [6, 6.07) is 9.57. The number of aryl methyl sites for hydroxylation is 1. The molecule has 150 valence electrons. The lowest BCUT2D eigenvalue weighted by Crippen LogP contribution is -2.47. The minimum atomic E-state index is -0.287. The van der Waals surface area contributed by atoms with E-state index < -0.39 is 0 Å².